The Hall–Kier alpha value is -1.84. The fraction of sp³-hybridized carbons (Fsp3) is 0.600. The fourth-order valence-electron chi connectivity index (χ4n) is 3.08. The van der Waals surface area contributed by atoms with Gasteiger partial charge in [-0.15, -0.1) is 0 Å². The number of unbranched alkanes of at least 4 members (excludes halogenated alkanes) is 7. The maximum atomic E-state index is 11.1. The first-order valence-electron chi connectivity index (χ1n) is 9.07. The van der Waals surface area contributed by atoms with Crippen LogP contribution >= 0.6 is 0 Å². The second-order valence-electron chi connectivity index (χ2n) is 6.42. The molecule has 0 radical (unpaired) electrons. The molecule has 1 rings (SSSR count). The van der Waals surface area contributed by atoms with E-state index in [1.807, 2.05) is 12.1 Å². The predicted molar refractivity (Wildman–Crippen MR) is 95.4 cm³/mol. The number of aryl methyl sites for hydroxylation is 1. The molecule has 4 heteroatoms. The smallest absolute Gasteiger partial charge is 0.307 e. The van der Waals surface area contributed by atoms with Crippen LogP contribution in [0.4, 0.5) is 0 Å². The maximum absolute atomic E-state index is 11.1. The van der Waals surface area contributed by atoms with E-state index < -0.39 is 11.9 Å². The van der Waals surface area contributed by atoms with Crippen molar-refractivity contribution in [2.45, 2.75) is 77.6 Å². The molecule has 0 aliphatic heterocycles. The lowest BCUT2D eigenvalue weighted by Gasteiger charge is -2.12. The highest BCUT2D eigenvalue weighted by atomic mass is 16.4. The number of carbonyl (C=O) groups is 2. The maximum Gasteiger partial charge on any atom is 0.307 e. The molecule has 1 aromatic carbocycles. The third-order valence-corrected chi connectivity index (χ3v) is 4.34. The van der Waals surface area contributed by atoms with Crippen molar-refractivity contribution >= 4 is 11.9 Å². The molecule has 134 valence electrons. The zero-order valence-electron chi connectivity index (χ0n) is 14.7. The van der Waals surface area contributed by atoms with Crippen LogP contribution in [0.3, 0.4) is 0 Å². The molecule has 2 N–H and O–H groups in total. The van der Waals surface area contributed by atoms with Crippen LogP contribution in [0.15, 0.2) is 18.2 Å². The van der Waals surface area contributed by atoms with Gasteiger partial charge in [0.15, 0.2) is 0 Å². The Kier molecular flexibility index (Phi) is 9.81. The molecule has 0 fully saturated rings. The van der Waals surface area contributed by atoms with Crippen LogP contribution < -0.4 is 0 Å². The van der Waals surface area contributed by atoms with E-state index in [2.05, 4.69) is 6.92 Å². The average molecular weight is 334 g/mol. The summed E-state index contributed by atoms with van der Waals surface area (Å²) in [6, 6.07) is 5.50. The number of hydrogen-bond donors (Lipinski definition) is 2. The fourth-order valence-corrected chi connectivity index (χ4v) is 3.08. The van der Waals surface area contributed by atoms with Crippen LogP contribution in [0.2, 0.25) is 0 Å². The van der Waals surface area contributed by atoms with Crippen molar-refractivity contribution in [2.75, 3.05) is 0 Å². The molecule has 0 aromatic heterocycles. The molecule has 0 bridgehead atoms. The molecule has 0 aliphatic carbocycles. The van der Waals surface area contributed by atoms with E-state index in [9.17, 15) is 9.59 Å². The lowest BCUT2D eigenvalue weighted by molar-refractivity contribution is -0.137. The van der Waals surface area contributed by atoms with Crippen molar-refractivity contribution in [1.29, 1.82) is 0 Å². The third kappa shape index (κ3) is 8.14. The Labute approximate surface area is 144 Å². The van der Waals surface area contributed by atoms with Crippen LogP contribution in [0.1, 0.15) is 75.0 Å². The SMILES string of the molecule is CCCCCCCCCCc1cccc(CC(=O)O)c1CC(=O)O. The summed E-state index contributed by atoms with van der Waals surface area (Å²) in [6.07, 6.45) is 10.4. The first-order chi connectivity index (χ1) is 11.5. The van der Waals surface area contributed by atoms with Gasteiger partial charge in [0, 0.05) is 0 Å². The topological polar surface area (TPSA) is 74.6 Å². The Morgan fingerprint density at radius 2 is 1.33 bits per heavy atom. The van der Waals surface area contributed by atoms with Crippen molar-refractivity contribution in [1.82, 2.24) is 0 Å². The standard InChI is InChI=1S/C20H30O4/c1-2-3-4-5-6-7-8-9-11-16-12-10-13-17(14-19(21)22)18(16)15-20(23)24/h10,12-13H,2-9,11,14-15H2,1H3,(H,21,22)(H,23,24). The number of hydrogen-bond acceptors (Lipinski definition) is 2. The molecule has 0 aliphatic rings. The molecule has 0 atom stereocenters. The van der Waals surface area contributed by atoms with Gasteiger partial charge in [-0.3, -0.25) is 9.59 Å². The molecule has 0 saturated heterocycles. The van der Waals surface area contributed by atoms with Crippen LogP contribution in [-0.4, -0.2) is 22.2 Å². The molecule has 0 saturated carbocycles. The summed E-state index contributed by atoms with van der Waals surface area (Å²) < 4.78 is 0. The molecular formula is C20H30O4. The van der Waals surface area contributed by atoms with Gasteiger partial charge in [0.05, 0.1) is 12.8 Å². The second-order valence-corrected chi connectivity index (χ2v) is 6.42. The number of carboxylic acid groups (broad SMARTS) is 2. The molecule has 1 aromatic rings. The van der Waals surface area contributed by atoms with Crippen molar-refractivity contribution < 1.29 is 19.8 Å². The zero-order chi connectivity index (χ0) is 17.8. The number of benzene rings is 1. The number of carboxylic acids is 2. The van der Waals surface area contributed by atoms with Crippen LogP contribution in [0.25, 0.3) is 0 Å². The van der Waals surface area contributed by atoms with E-state index in [4.69, 9.17) is 10.2 Å². The van der Waals surface area contributed by atoms with E-state index in [1.54, 1.807) is 6.07 Å². The highest BCUT2D eigenvalue weighted by Crippen LogP contribution is 2.20. The Balaban J connectivity index is 2.53. The van der Waals surface area contributed by atoms with Gasteiger partial charge >= 0.3 is 11.9 Å². The van der Waals surface area contributed by atoms with E-state index in [0.29, 0.717) is 11.1 Å². The summed E-state index contributed by atoms with van der Waals surface area (Å²) in [6.45, 7) is 2.22. The van der Waals surface area contributed by atoms with Crippen molar-refractivity contribution in [2.24, 2.45) is 0 Å². The highest BCUT2D eigenvalue weighted by molar-refractivity contribution is 5.75. The second kappa shape index (κ2) is 11.7. The van der Waals surface area contributed by atoms with Gasteiger partial charge in [-0.05, 0) is 29.5 Å². The van der Waals surface area contributed by atoms with Gasteiger partial charge in [-0.1, -0.05) is 70.1 Å². The van der Waals surface area contributed by atoms with Gasteiger partial charge in [-0.2, -0.15) is 0 Å². The van der Waals surface area contributed by atoms with Gasteiger partial charge in [0.25, 0.3) is 0 Å². The Bertz CT molecular complexity index is 522. The third-order valence-electron chi connectivity index (χ3n) is 4.34. The zero-order valence-corrected chi connectivity index (χ0v) is 14.7. The van der Waals surface area contributed by atoms with Crippen molar-refractivity contribution in [3.05, 3.63) is 34.9 Å². The molecule has 24 heavy (non-hydrogen) atoms. The van der Waals surface area contributed by atoms with Crippen LogP contribution in [0, 0.1) is 0 Å². The highest BCUT2D eigenvalue weighted by Gasteiger charge is 2.14. The summed E-state index contributed by atoms with van der Waals surface area (Å²) in [5, 5.41) is 18.1. The van der Waals surface area contributed by atoms with E-state index in [1.165, 1.54) is 38.5 Å². The van der Waals surface area contributed by atoms with Crippen LogP contribution in [-0.2, 0) is 28.9 Å². The summed E-state index contributed by atoms with van der Waals surface area (Å²) in [5.41, 5.74) is 2.31. The molecule has 4 nitrogen and oxygen atoms in total. The van der Waals surface area contributed by atoms with E-state index in [0.717, 1.165) is 24.8 Å². The Morgan fingerprint density at radius 3 is 1.92 bits per heavy atom. The number of rotatable bonds is 13. The van der Waals surface area contributed by atoms with Gasteiger partial charge in [-0.25, -0.2) is 0 Å². The van der Waals surface area contributed by atoms with Gasteiger partial charge in [0.1, 0.15) is 0 Å². The largest absolute Gasteiger partial charge is 0.481 e. The minimum Gasteiger partial charge on any atom is -0.481 e. The van der Waals surface area contributed by atoms with Crippen molar-refractivity contribution in [3.63, 3.8) is 0 Å². The average Bonchev–Trinajstić information content (AvgIpc) is 2.51. The first kappa shape index (κ1) is 20.2. The van der Waals surface area contributed by atoms with Crippen molar-refractivity contribution in [3.8, 4) is 0 Å². The van der Waals surface area contributed by atoms with Gasteiger partial charge < -0.3 is 10.2 Å². The lowest BCUT2D eigenvalue weighted by atomic mass is 9.93. The molecular weight excluding hydrogens is 304 g/mol. The molecule has 0 unspecified atom stereocenters. The number of aliphatic carboxylic acids is 2. The summed E-state index contributed by atoms with van der Waals surface area (Å²) in [5.74, 6) is -1.84. The molecule has 0 heterocycles. The normalized spacial score (nSPS) is 10.7. The first-order valence-corrected chi connectivity index (χ1v) is 9.07. The lowest BCUT2D eigenvalue weighted by Crippen LogP contribution is -2.10. The quantitative estimate of drug-likeness (QED) is 0.516. The molecule has 0 spiro atoms. The Morgan fingerprint density at radius 1 is 0.792 bits per heavy atom. The molecule has 0 amide bonds. The minimum absolute atomic E-state index is 0.101. The van der Waals surface area contributed by atoms with Crippen LogP contribution in [0.5, 0.6) is 0 Å². The van der Waals surface area contributed by atoms with E-state index in [-0.39, 0.29) is 12.8 Å². The summed E-state index contributed by atoms with van der Waals surface area (Å²) in [7, 11) is 0. The summed E-state index contributed by atoms with van der Waals surface area (Å²) >= 11 is 0. The van der Waals surface area contributed by atoms with E-state index >= 15 is 0 Å². The monoisotopic (exact) mass is 334 g/mol. The van der Waals surface area contributed by atoms with Gasteiger partial charge in [0.2, 0.25) is 0 Å². The summed E-state index contributed by atoms with van der Waals surface area (Å²) in [4.78, 5) is 22.1. The minimum atomic E-state index is -0.925. The predicted octanol–water partition coefficient (Wildman–Crippen LogP) is 4.62.